The molecule has 102 valence electrons. The van der Waals surface area contributed by atoms with E-state index in [1.807, 2.05) is 25.1 Å². The molecule has 1 unspecified atom stereocenters. The maximum atomic E-state index is 10.0. The van der Waals surface area contributed by atoms with Crippen LogP contribution >= 0.6 is 0 Å². The molecule has 2 N–H and O–H groups in total. The second-order valence-electron chi connectivity index (χ2n) is 4.45. The lowest BCUT2D eigenvalue weighted by Gasteiger charge is -2.18. The lowest BCUT2D eigenvalue weighted by molar-refractivity contribution is 0.406. The number of nitrogens with one attached hydrogen (secondary N) is 1. The van der Waals surface area contributed by atoms with E-state index < -0.39 is 0 Å². The van der Waals surface area contributed by atoms with E-state index in [1.165, 1.54) is 0 Å². The van der Waals surface area contributed by atoms with Gasteiger partial charge >= 0.3 is 0 Å². The van der Waals surface area contributed by atoms with Crippen molar-refractivity contribution in [3.63, 3.8) is 0 Å². The third-order valence-electron chi connectivity index (χ3n) is 3.12. The molecule has 0 saturated heterocycles. The molecule has 0 aromatic heterocycles. The third-order valence-corrected chi connectivity index (χ3v) is 3.12. The molecule has 2 aromatic rings. The molecule has 1 atom stereocenters. The summed E-state index contributed by atoms with van der Waals surface area (Å²) in [6.07, 6.45) is 0. The van der Waals surface area contributed by atoms with Crippen LogP contribution in [0.5, 0.6) is 11.5 Å². The highest BCUT2D eigenvalue weighted by molar-refractivity contribution is 5.58. The quantitative estimate of drug-likeness (QED) is 0.891. The van der Waals surface area contributed by atoms with Crippen LogP contribution in [0.3, 0.4) is 0 Å². The minimum atomic E-state index is -0.129. The van der Waals surface area contributed by atoms with E-state index in [-0.39, 0.29) is 11.8 Å². The van der Waals surface area contributed by atoms with Crippen LogP contribution in [0.2, 0.25) is 0 Å². The summed E-state index contributed by atoms with van der Waals surface area (Å²) in [7, 11) is 1.55. The average Bonchev–Trinajstić information content (AvgIpc) is 2.47. The first kappa shape index (κ1) is 13.8. The Bertz CT molecular complexity index is 647. The predicted molar refractivity (Wildman–Crippen MR) is 77.9 cm³/mol. The Hall–Kier alpha value is -2.67. The Morgan fingerprint density at radius 2 is 2.00 bits per heavy atom. The van der Waals surface area contributed by atoms with Gasteiger partial charge in [0.15, 0.2) is 0 Å². The van der Waals surface area contributed by atoms with Gasteiger partial charge in [-0.25, -0.2) is 0 Å². The first-order valence-corrected chi connectivity index (χ1v) is 6.28. The number of methoxy groups -OCH3 is 1. The molecule has 0 heterocycles. The number of aromatic hydroxyl groups is 1. The number of hydrogen-bond donors (Lipinski definition) is 2. The number of phenolic OH excluding ortho intramolecular Hbond substituents is 1. The third kappa shape index (κ3) is 2.83. The van der Waals surface area contributed by atoms with Gasteiger partial charge in [0.2, 0.25) is 0 Å². The zero-order valence-electron chi connectivity index (χ0n) is 11.4. The molecule has 0 amide bonds. The van der Waals surface area contributed by atoms with Crippen molar-refractivity contribution >= 4 is 5.69 Å². The van der Waals surface area contributed by atoms with Crippen LogP contribution in [-0.4, -0.2) is 12.2 Å². The minimum absolute atomic E-state index is 0.129. The number of rotatable bonds is 4. The standard InChI is InChI=1S/C16H16N2O2/c1-11(14-8-7-13(20-2)9-16(14)19)18-15-6-4-3-5-12(15)10-17/h3-9,11,18-19H,1-2H3. The molecule has 0 bridgehead atoms. The van der Waals surface area contributed by atoms with E-state index in [0.717, 1.165) is 11.3 Å². The lowest BCUT2D eigenvalue weighted by Crippen LogP contribution is -2.08. The van der Waals surface area contributed by atoms with E-state index in [1.54, 1.807) is 31.4 Å². The Morgan fingerprint density at radius 1 is 1.25 bits per heavy atom. The zero-order valence-corrected chi connectivity index (χ0v) is 11.4. The summed E-state index contributed by atoms with van der Waals surface area (Å²) < 4.78 is 5.06. The molecule has 0 saturated carbocycles. The molecule has 0 aliphatic rings. The second kappa shape index (κ2) is 5.98. The van der Waals surface area contributed by atoms with E-state index in [0.29, 0.717) is 11.3 Å². The molecule has 0 fully saturated rings. The van der Waals surface area contributed by atoms with Crippen LogP contribution in [0, 0.1) is 11.3 Å². The summed E-state index contributed by atoms with van der Waals surface area (Å²) in [6, 6.07) is 14.5. The molecular formula is C16H16N2O2. The highest BCUT2D eigenvalue weighted by atomic mass is 16.5. The van der Waals surface area contributed by atoms with Crippen molar-refractivity contribution in [1.82, 2.24) is 0 Å². The van der Waals surface area contributed by atoms with Gasteiger partial charge in [-0.1, -0.05) is 12.1 Å². The molecule has 0 aliphatic heterocycles. The lowest BCUT2D eigenvalue weighted by atomic mass is 10.1. The molecule has 4 heteroatoms. The maximum Gasteiger partial charge on any atom is 0.124 e. The van der Waals surface area contributed by atoms with Gasteiger partial charge in [-0.05, 0) is 31.2 Å². The number of benzene rings is 2. The second-order valence-corrected chi connectivity index (χ2v) is 4.45. The minimum Gasteiger partial charge on any atom is -0.507 e. The van der Waals surface area contributed by atoms with E-state index >= 15 is 0 Å². The number of nitrogens with zero attached hydrogens (tertiary/aromatic N) is 1. The number of ether oxygens (including phenoxy) is 1. The molecular weight excluding hydrogens is 252 g/mol. The number of nitriles is 1. The van der Waals surface area contributed by atoms with Gasteiger partial charge in [0.25, 0.3) is 0 Å². The summed E-state index contributed by atoms with van der Waals surface area (Å²) in [5.74, 6) is 0.773. The van der Waals surface area contributed by atoms with Crippen LogP contribution in [-0.2, 0) is 0 Å². The number of anilines is 1. The average molecular weight is 268 g/mol. The van der Waals surface area contributed by atoms with Crippen molar-refractivity contribution in [1.29, 1.82) is 5.26 Å². The summed E-state index contributed by atoms with van der Waals surface area (Å²) in [6.45, 7) is 1.93. The van der Waals surface area contributed by atoms with Gasteiger partial charge in [0.1, 0.15) is 17.6 Å². The van der Waals surface area contributed by atoms with Crippen LogP contribution in [0.25, 0.3) is 0 Å². The summed E-state index contributed by atoms with van der Waals surface area (Å²) in [4.78, 5) is 0. The highest BCUT2D eigenvalue weighted by Crippen LogP contribution is 2.30. The first-order valence-electron chi connectivity index (χ1n) is 6.28. The summed E-state index contributed by atoms with van der Waals surface area (Å²) in [5, 5.41) is 22.3. The van der Waals surface area contributed by atoms with Crippen molar-refractivity contribution in [2.24, 2.45) is 0 Å². The van der Waals surface area contributed by atoms with Gasteiger partial charge < -0.3 is 15.2 Å². The van der Waals surface area contributed by atoms with Gasteiger partial charge in [0, 0.05) is 11.6 Å². The Labute approximate surface area is 118 Å². The van der Waals surface area contributed by atoms with Gasteiger partial charge in [0.05, 0.1) is 24.4 Å². The molecule has 20 heavy (non-hydrogen) atoms. The highest BCUT2D eigenvalue weighted by Gasteiger charge is 2.12. The fraction of sp³-hybridized carbons (Fsp3) is 0.188. The van der Waals surface area contributed by atoms with Crippen molar-refractivity contribution in [2.75, 3.05) is 12.4 Å². The number of para-hydroxylation sites is 1. The van der Waals surface area contributed by atoms with Crippen LogP contribution < -0.4 is 10.1 Å². The van der Waals surface area contributed by atoms with Gasteiger partial charge in [-0.15, -0.1) is 0 Å². The maximum absolute atomic E-state index is 10.0. The predicted octanol–water partition coefficient (Wildman–Crippen LogP) is 3.45. The molecule has 0 aliphatic carbocycles. The summed E-state index contributed by atoms with van der Waals surface area (Å²) >= 11 is 0. The Balaban J connectivity index is 2.24. The summed E-state index contributed by atoms with van der Waals surface area (Å²) in [5.41, 5.74) is 2.07. The van der Waals surface area contributed by atoms with Crippen molar-refractivity contribution in [3.8, 4) is 17.6 Å². The molecule has 2 aromatic carbocycles. The number of phenols is 1. The monoisotopic (exact) mass is 268 g/mol. The van der Waals surface area contributed by atoms with E-state index in [9.17, 15) is 5.11 Å². The van der Waals surface area contributed by atoms with E-state index in [4.69, 9.17) is 10.00 Å². The zero-order chi connectivity index (χ0) is 14.5. The largest absolute Gasteiger partial charge is 0.507 e. The first-order chi connectivity index (χ1) is 9.65. The molecule has 2 rings (SSSR count). The van der Waals surface area contributed by atoms with Gasteiger partial charge in [-0.2, -0.15) is 5.26 Å². The Kier molecular flexibility index (Phi) is 4.11. The van der Waals surface area contributed by atoms with Crippen LogP contribution in [0.4, 0.5) is 5.69 Å². The number of hydrogen-bond acceptors (Lipinski definition) is 4. The van der Waals surface area contributed by atoms with Crippen LogP contribution in [0.15, 0.2) is 42.5 Å². The van der Waals surface area contributed by atoms with Crippen LogP contribution in [0.1, 0.15) is 24.1 Å². The molecule has 0 radical (unpaired) electrons. The van der Waals surface area contributed by atoms with Crippen molar-refractivity contribution in [2.45, 2.75) is 13.0 Å². The SMILES string of the molecule is COc1ccc(C(C)Nc2ccccc2C#N)c(O)c1. The smallest absolute Gasteiger partial charge is 0.124 e. The van der Waals surface area contributed by atoms with Crippen molar-refractivity contribution < 1.29 is 9.84 Å². The van der Waals surface area contributed by atoms with Gasteiger partial charge in [-0.3, -0.25) is 0 Å². The van der Waals surface area contributed by atoms with Crippen molar-refractivity contribution in [3.05, 3.63) is 53.6 Å². The Morgan fingerprint density at radius 3 is 2.65 bits per heavy atom. The topological polar surface area (TPSA) is 65.3 Å². The fourth-order valence-electron chi connectivity index (χ4n) is 2.03. The molecule has 0 spiro atoms. The molecule has 4 nitrogen and oxygen atoms in total. The van der Waals surface area contributed by atoms with E-state index in [2.05, 4.69) is 11.4 Å². The fourth-order valence-corrected chi connectivity index (χ4v) is 2.03. The normalized spacial score (nSPS) is 11.4.